The smallest absolute Gasteiger partial charge is 0.0478 e. The molecule has 3 nitrogen and oxygen atoms in total. The van der Waals surface area contributed by atoms with E-state index in [9.17, 15) is 0 Å². The summed E-state index contributed by atoms with van der Waals surface area (Å²) in [4.78, 5) is 2.25. The Morgan fingerprint density at radius 3 is 1.91 bits per heavy atom. The van der Waals surface area contributed by atoms with Gasteiger partial charge in [0.2, 0.25) is 0 Å². The third-order valence-electron chi connectivity index (χ3n) is 2.01. The minimum atomic E-state index is 1.07. The van der Waals surface area contributed by atoms with Gasteiger partial charge in [-0.3, -0.25) is 4.90 Å². The van der Waals surface area contributed by atoms with E-state index >= 15 is 0 Å². The van der Waals surface area contributed by atoms with Gasteiger partial charge < -0.3 is 10.6 Å². The lowest BCUT2D eigenvalue weighted by Gasteiger charge is -1.99. The zero-order valence-electron chi connectivity index (χ0n) is 7.40. The van der Waals surface area contributed by atoms with Crippen molar-refractivity contribution in [3.63, 3.8) is 0 Å². The average molecular weight is 157 g/mol. The van der Waals surface area contributed by atoms with E-state index in [4.69, 9.17) is 0 Å². The van der Waals surface area contributed by atoms with Gasteiger partial charge in [-0.15, -0.1) is 0 Å². The van der Waals surface area contributed by atoms with Gasteiger partial charge in [-0.1, -0.05) is 0 Å². The molecule has 0 atom stereocenters. The standard InChI is InChI=1S/C4H10N2.C4H9N/c1-6-3-2-5-4-6;1-2-4-5-3-1/h5H,2-4H2,1H3;5H,1-4H2. The Labute approximate surface area is 69.1 Å². The number of likely N-dealkylation sites (N-methyl/N-ethyl adjacent to an activating group) is 1. The molecule has 3 heteroatoms. The van der Waals surface area contributed by atoms with Crippen LogP contribution in [-0.2, 0) is 0 Å². The zero-order valence-corrected chi connectivity index (χ0v) is 7.40. The Balaban J connectivity index is 0.000000112. The molecule has 0 saturated carbocycles. The maximum Gasteiger partial charge on any atom is 0.0478 e. The molecule has 0 radical (unpaired) electrons. The van der Waals surface area contributed by atoms with Crippen LogP contribution in [0.2, 0.25) is 0 Å². The van der Waals surface area contributed by atoms with Gasteiger partial charge in [-0.25, -0.2) is 0 Å². The minimum absolute atomic E-state index is 1.07. The molecule has 2 heterocycles. The van der Waals surface area contributed by atoms with Gasteiger partial charge in [-0.05, 0) is 33.0 Å². The van der Waals surface area contributed by atoms with E-state index in [1.807, 2.05) is 0 Å². The Kier molecular flexibility index (Phi) is 4.50. The lowest BCUT2D eigenvalue weighted by atomic mass is 10.4. The largest absolute Gasteiger partial charge is 0.317 e. The Morgan fingerprint density at radius 2 is 1.73 bits per heavy atom. The van der Waals surface area contributed by atoms with Crippen molar-refractivity contribution in [3.8, 4) is 0 Å². The molecule has 0 aromatic rings. The van der Waals surface area contributed by atoms with Crippen molar-refractivity contribution in [2.75, 3.05) is 39.9 Å². The van der Waals surface area contributed by atoms with Crippen molar-refractivity contribution in [1.82, 2.24) is 15.5 Å². The SMILES string of the molecule is C1CCNC1.CN1CCNC1. The second-order valence-electron chi connectivity index (χ2n) is 3.19. The maximum atomic E-state index is 3.22. The van der Waals surface area contributed by atoms with E-state index in [0.29, 0.717) is 0 Å². The van der Waals surface area contributed by atoms with Gasteiger partial charge in [0, 0.05) is 19.8 Å². The summed E-state index contributed by atoms with van der Waals surface area (Å²) in [6.45, 7) is 5.94. The predicted molar refractivity (Wildman–Crippen MR) is 47.6 cm³/mol. The summed E-state index contributed by atoms with van der Waals surface area (Å²) in [5.74, 6) is 0. The third kappa shape index (κ3) is 4.35. The van der Waals surface area contributed by atoms with Crippen molar-refractivity contribution in [1.29, 1.82) is 0 Å². The second kappa shape index (κ2) is 5.52. The molecular formula is C8H19N3. The first-order valence-corrected chi connectivity index (χ1v) is 4.49. The van der Waals surface area contributed by atoms with E-state index in [2.05, 4.69) is 22.6 Å². The number of rotatable bonds is 0. The predicted octanol–water partition coefficient (Wildman–Crippen LogP) is -0.151. The monoisotopic (exact) mass is 157 g/mol. The van der Waals surface area contributed by atoms with Crippen molar-refractivity contribution in [2.45, 2.75) is 12.8 Å². The fourth-order valence-corrected chi connectivity index (χ4v) is 1.24. The van der Waals surface area contributed by atoms with Crippen LogP contribution in [0.3, 0.4) is 0 Å². The molecule has 0 bridgehead atoms. The van der Waals surface area contributed by atoms with Crippen molar-refractivity contribution < 1.29 is 0 Å². The molecule has 66 valence electrons. The fraction of sp³-hybridized carbons (Fsp3) is 1.00. The summed E-state index contributed by atoms with van der Waals surface area (Å²) < 4.78 is 0. The lowest BCUT2D eigenvalue weighted by Crippen LogP contribution is -2.15. The lowest BCUT2D eigenvalue weighted by molar-refractivity contribution is 0.412. The summed E-state index contributed by atoms with van der Waals surface area (Å²) in [5, 5.41) is 6.42. The van der Waals surface area contributed by atoms with Gasteiger partial charge in [0.1, 0.15) is 0 Å². The van der Waals surface area contributed by atoms with Gasteiger partial charge in [0.05, 0.1) is 0 Å². The first-order valence-electron chi connectivity index (χ1n) is 4.49. The number of nitrogens with one attached hydrogen (secondary N) is 2. The Morgan fingerprint density at radius 1 is 1.00 bits per heavy atom. The molecule has 0 aliphatic carbocycles. The summed E-state index contributed by atoms with van der Waals surface area (Å²) in [5.41, 5.74) is 0. The minimum Gasteiger partial charge on any atom is -0.317 e. The van der Waals surface area contributed by atoms with Crippen LogP contribution >= 0.6 is 0 Å². The molecule has 0 spiro atoms. The highest BCUT2D eigenvalue weighted by atomic mass is 15.3. The van der Waals surface area contributed by atoms with Crippen LogP contribution in [-0.4, -0.2) is 44.8 Å². The zero-order chi connectivity index (χ0) is 7.94. The highest BCUT2D eigenvalue weighted by Gasteiger charge is 2.01. The van der Waals surface area contributed by atoms with Crippen LogP contribution in [0, 0.1) is 0 Å². The summed E-state index contributed by atoms with van der Waals surface area (Å²) in [7, 11) is 2.11. The molecule has 2 fully saturated rings. The quantitative estimate of drug-likeness (QED) is 0.512. The third-order valence-corrected chi connectivity index (χ3v) is 2.01. The van der Waals surface area contributed by atoms with Crippen LogP contribution < -0.4 is 10.6 Å². The van der Waals surface area contributed by atoms with Crippen molar-refractivity contribution in [2.24, 2.45) is 0 Å². The molecule has 2 N–H and O–H groups in total. The van der Waals surface area contributed by atoms with Crippen LogP contribution in [0.1, 0.15) is 12.8 Å². The van der Waals surface area contributed by atoms with Gasteiger partial charge in [0.25, 0.3) is 0 Å². The molecule has 2 saturated heterocycles. The summed E-state index contributed by atoms with van der Waals surface area (Å²) in [6, 6.07) is 0. The molecule has 0 aromatic heterocycles. The van der Waals surface area contributed by atoms with Gasteiger partial charge in [-0.2, -0.15) is 0 Å². The van der Waals surface area contributed by atoms with Gasteiger partial charge >= 0.3 is 0 Å². The van der Waals surface area contributed by atoms with Crippen LogP contribution in [0.15, 0.2) is 0 Å². The van der Waals surface area contributed by atoms with Gasteiger partial charge in [0.15, 0.2) is 0 Å². The molecule has 2 aliphatic rings. The molecule has 0 amide bonds. The second-order valence-corrected chi connectivity index (χ2v) is 3.19. The van der Waals surface area contributed by atoms with Crippen molar-refractivity contribution in [3.05, 3.63) is 0 Å². The molecule has 2 rings (SSSR count). The highest BCUT2D eigenvalue weighted by Crippen LogP contribution is 1.90. The Bertz CT molecular complexity index is 77.7. The van der Waals surface area contributed by atoms with Crippen LogP contribution in [0.4, 0.5) is 0 Å². The molecule has 0 unspecified atom stereocenters. The number of hydrogen-bond acceptors (Lipinski definition) is 3. The number of hydrogen-bond donors (Lipinski definition) is 2. The average Bonchev–Trinajstić information content (AvgIpc) is 2.57. The highest BCUT2D eigenvalue weighted by molar-refractivity contribution is 4.59. The first kappa shape index (κ1) is 8.97. The Hall–Kier alpha value is -0.120. The first-order chi connectivity index (χ1) is 5.39. The van der Waals surface area contributed by atoms with Crippen LogP contribution in [0.25, 0.3) is 0 Å². The normalized spacial score (nSPS) is 24.8. The van der Waals surface area contributed by atoms with E-state index in [1.54, 1.807) is 0 Å². The summed E-state index contributed by atoms with van der Waals surface area (Å²) >= 11 is 0. The topological polar surface area (TPSA) is 27.3 Å². The van der Waals surface area contributed by atoms with Crippen LogP contribution in [0.5, 0.6) is 0 Å². The summed E-state index contributed by atoms with van der Waals surface area (Å²) in [6.07, 6.45) is 2.78. The van der Waals surface area contributed by atoms with E-state index in [-0.39, 0.29) is 0 Å². The maximum absolute atomic E-state index is 3.22. The number of nitrogens with zero attached hydrogens (tertiary/aromatic N) is 1. The van der Waals surface area contributed by atoms with E-state index < -0.39 is 0 Å². The molecule has 0 aromatic carbocycles. The molecule has 2 aliphatic heterocycles. The fourth-order valence-electron chi connectivity index (χ4n) is 1.24. The van der Waals surface area contributed by atoms with E-state index in [0.717, 1.165) is 13.2 Å². The molecule has 11 heavy (non-hydrogen) atoms. The molecular weight excluding hydrogens is 138 g/mol. The van der Waals surface area contributed by atoms with E-state index in [1.165, 1.54) is 32.5 Å². The van der Waals surface area contributed by atoms with Crippen molar-refractivity contribution >= 4 is 0 Å².